The van der Waals surface area contributed by atoms with Gasteiger partial charge in [-0.25, -0.2) is 9.07 Å². The van der Waals surface area contributed by atoms with Crippen molar-refractivity contribution in [1.29, 1.82) is 0 Å². The summed E-state index contributed by atoms with van der Waals surface area (Å²) in [7, 11) is 0. The van der Waals surface area contributed by atoms with Gasteiger partial charge in [0.05, 0.1) is 0 Å². The number of rotatable bonds is 5. The van der Waals surface area contributed by atoms with Crippen LogP contribution in [0.1, 0.15) is 25.7 Å². The molecule has 0 N–H and O–H groups in total. The first-order valence-electron chi connectivity index (χ1n) is 9.83. The molecule has 0 saturated carbocycles. The number of likely N-dealkylation sites (tertiary alicyclic amines) is 2. The van der Waals surface area contributed by atoms with Gasteiger partial charge in [-0.2, -0.15) is 0 Å². The molecule has 2 aliphatic rings. The molecule has 0 aliphatic carbocycles. The van der Waals surface area contributed by atoms with Gasteiger partial charge in [0.1, 0.15) is 19.0 Å². The Bertz CT molecular complexity index is 770. The molecule has 28 heavy (non-hydrogen) atoms. The summed E-state index contributed by atoms with van der Waals surface area (Å²) in [6, 6.07) is 7.07. The molecule has 0 radical (unpaired) electrons. The van der Waals surface area contributed by atoms with Crippen molar-refractivity contribution in [2.24, 2.45) is 0 Å². The van der Waals surface area contributed by atoms with Gasteiger partial charge in [0.25, 0.3) is 0 Å². The highest BCUT2D eigenvalue weighted by Gasteiger charge is 2.30. The molecule has 2 aromatic rings. The maximum absolute atomic E-state index is 13.8. The Labute approximate surface area is 163 Å². The average Bonchev–Trinajstić information content (AvgIpc) is 3.23. The van der Waals surface area contributed by atoms with Crippen molar-refractivity contribution in [3.05, 3.63) is 36.4 Å². The molecule has 4 rings (SSSR count). The Balaban J connectivity index is 1.21. The number of benzene rings is 1. The third kappa shape index (κ3) is 4.46. The van der Waals surface area contributed by atoms with Crippen molar-refractivity contribution in [2.75, 3.05) is 26.2 Å². The van der Waals surface area contributed by atoms with Gasteiger partial charge in [0.2, 0.25) is 5.91 Å². The highest BCUT2D eigenvalue weighted by molar-refractivity contribution is 5.75. The van der Waals surface area contributed by atoms with E-state index in [1.165, 1.54) is 17.1 Å². The Morgan fingerprint density at radius 1 is 1.11 bits per heavy atom. The van der Waals surface area contributed by atoms with Crippen LogP contribution in [0.3, 0.4) is 0 Å². The fraction of sp³-hybridized carbons (Fsp3) is 0.579. The minimum Gasteiger partial charge on any atom is -0.487 e. The number of carbonyl (C=O) groups excluding carboxylic acids is 1. The van der Waals surface area contributed by atoms with Gasteiger partial charge in [-0.15, -0.1) is 5.10 Å². The summed E-state index contributed by atoms with van der Waals surface area (Å²) in [6.45, 7) is 3.61. The topological polar surface area (TPSA) is 76.4 Å². The fourth-order valence-electron chi connectivity index (χ4n) is 4.05. The van der Waals surface area contributed by atoms with E-state index in [0.29, 0.717) is 11.8 Å². The highest BCUT2D eigenvalue weighted by Crippen LogP contribution is 2.25. The number of tetrazole rings is 1. The van der Waals surface area contributed by atoms with Gasteiger partial charge in [-0.3, -0.25) is 9.69 Å². The van der Waals surface area contributed by atoms with Crippen molar-refractivity contribution < 1.29 is 13.9 Å². The number of aromatic nitrogens is 4. The van der Waals surface area contributed by atoms with E-state index in [2.05, 4.69) is 20.4 Å². The Morgan fingerprint density at radius 3 is 2.54 bits per heavy atom. The highest BCUT2D eigenvalue weighted by atomic mass is 19.1. The van der Waals surface area contributed by atoms with E-state index in [9.17, 15) is 9.18 Å². The first kappa shape index (κ1) is 18.8. The number of hydrogen-bond donors (Lipinski definition) is 0. The molecule has 1 amide bonds. The maximum atomic E-state index is 13.8. The minimum absolute atomic E-state index is 0.0581. The summed E-state index contributed by atoms with van der Waals surface area (Å²) in [5.74, 6) is 0.0988. The zero-order valence-electron chi connectivity index (χ0n) is 15.8. The van der Waals surface area contributed by atoms with Gasteiger partial charge >= 0.3 is 0 Å². The molecule has 9 heteroatoms. The second-order valence-electron chi connectivity index (χ2n) is 7.40. The summed E-state index contributed by atoms with van der Waals surface area (Å²) < 4.78 is 21.1. The van der Waals surface area contributed by atoms with E-state index in [-0.39, 0.29) is 24.4 Å². The van der Waals surface area contributed by atoms with Crippen LogP contribution in [-0.4, -0.2) is 74.2 Å². The van der Waals surface area contributed by atoms with Gasteiger partial charge in [0, 0.05) is 32.2 Å². The summed E-state index contributed by atoms with van der Waals surface area (Å²) in [5.41, 5.74) is 0. The number of piperidine rings is 2. The van der Waals surface area contributed by atoms with E-state index in [1.54, 1.807) is 18.2 Å². The zero-order valence-corrected chi connectivity index (χ0v) is 15.8. The lowest BCUT2D eigenvalue weighted by molar-refractivity contribution is -0.133. The van der Waals surface area contributed by atoms with Gasteiger partial charge < -0.3 is 9.64 Å². The smallest absolute Gasteiger partial charge is 0.244 e. The monoisotopic (exact) mass is 388 g/mol. The fourth-order valence-corrected chi connectivity index (χ4v) is 4.05. The first-order valence-corrected chi connectivity index (χ1v) is 9.83. The molecule has 8 nitrogen and oxygen atoms in total. The van der Waals surface area contributed by atoms with E-state index in [1.807, 2.05) is 4.90 Å². The molecule has 0 unspecified atom stereocenters. The van der Waals surface area contributed by atoms with E-state index in [4.69, 9.17) is 4.74 Å². The molecular weight excluding hydrogens is 363 g/mol. The number of amides is 1. The second kappa shape index (κ2) is 8.64. The number of ether oxygens (including phenoxy) is 1. The van der Waals surface area contributed by atoms with Crippen LogP contribution in [0.2, 0.25) is 0 Å². The van der Waals surface area contributed by atoms with Crippen LogP contribution in [0.25, 0.3) is 0 Å². The molecule has 150 valence electrons. The van der Waals surface area contributed by atoms with Crippen molar-refractivity contribution in [2.45, 2.75) is 44.4 Å². The second-order valence-corrected chi connectivity index (χ2v) is 7.40. The molecule has 0 atom stereocenters. The number of halogens is 1. The predicted molar refractivity (Wildman–Crippen MR) is 99.0 cm³/mol. The normalized spacial score (nSPS) is 19.7. The summed E-state index contributed by atoms with van der Waals surface area (Å²) >= 11 is 0. The van der Waals surface area contributed by atoms with E-state index >= 15 is 0 Å². The van der Waals surface area contributed by atoms with Crippen molar-refractivity contribution in [1.82, 2.24) is 30.0 Å². The number of carbonyl (C=O) groups is 1. The zero-order chi connectivity index (χ0) is 19.3. The van der Waals surface area contributed by atoms with E-state index in [0.717, 1.165) is 51.9 Å². The van der Waals surface area contributed by atoms with Crippen molar-refractivity contribution >= 4 is 5.91 Å². The molecule has 3 heterocycles. The molecule has 2 saturated heterocycles. The van der Waals surface area contributed by atoms with Crippen LogP contribution in [-0.2, 0) is 11.3 Å². The standard InChI is InChI=1S/C19H25FN6O2/c20-17-3-1-2-4-18(17)28-16-7-11-24(12-8-16)15-5-9-25(10-6-15)19(27)13-26-14-21-22-23-26/h1-4,14-16H,5-13H2. The van der Waals surface area contributed by atoms with Crippen LogP contribution in [0.4, 0.5) is 4.39 Å². The summed E-state index contributed by atoms with van der Waals surface area (Å²) in [5, 5.41) is 10.9. The van der Waals surface area contributed by atoms with E-state index < -0.39 is 0 Å². The molecule has 0 spiro atoms. The van der Waals surface area contributed by atoms with Crippen LogP contribution in [0.5, 0.6) is 5.75 Å². The van der Waals surface area contributed by atoms with Crippen molar-refractivity contribution in [3.8, 4) is 5.75 Å². The molecular formula is C19H25FN6O2. The molecule has 2 fully saturated rings. The number of hydrogen-bond acceptors (Lipinski definition) is 6. The predicted octanol–water partition coefficient (Wildman–Crippen LogP) is 1.35. The van der Waals surface area contributed by atoms with Crippen LogP contribution in [0.15, 0.2) is 30.6 Å². The van der Waals surface area contributed by atoms with Crippen LogP contribution in [0, 0.1) is 5.82 Å². The third-order valence-electron chi connectivity index (χ3n) is 5.63. The molecule has 1 aromatic heterocycles. The summed E-state index contributed by atoms with van der Waals surface area (Å²) in [6.07, 6.45) is 5.25. The number of nitrogens with zero attached hydrogens (tertiary/aromatic N) is 6. The largest absolute Gasteiger partial charge is 0.487 e. The maximum Gasteiger partial charge on any atom is 0.244 e. The van der Waals surface area contributed by atoms with Gasteiger partial charge in [-0.05, 0) is 48.2 Å². The molecule has 1 aromatic carbocycles. The van der Waals surface area contributed by atoms with Gasteiger partial charge in [0.15, 0.2) is 11.6 Å². The minimum atomic E-state index is -0.302. The third-order valence-corrected chi connectivity index (χ3v) is 5.63. The lowest BCUT2D eigenvalue weighted by Gasteiger charge is -2.41. The van der Waals surface area contributed by atoms with Crippen LogP contribution < -0.4 is 4.74 Å². The van der Waals surface area contributed by atoms with Crippen LogP contribution >= 0.6 is 0 Å². The molecule has 2 aliphatic heterocycles. The Kier molecular flexibility index (Phi) is 5.80. The summed E-state index contributed by atoms with van der Waals surface area (Å²) in [4.78, 5) is 16.7. The quantitative estimate of drug-likeness (QED) is 0.770. The lowest BCUT2D eigenvalue weighted by atomic mass is 9.98. The Morgan fingerprint density at radius 2 is 1.86 bits per heavy atom. The first-order chi connectivity index (χ1) is 13.7. The molecule has 0 bridgehead atoms. The average molecular weight is 388 g/mol. The lowest BCUT2D eigenvalue weighted by Crippen LogP contribution is -2.50. The van der Waals surface area contributed by atoms with Gasteiger partial charge in [-0.1, -0.05) is 12.1 Å². The Hall–Kier alpha value is -2.55. The SMILES string of the molecule is O=C(Cn1cnnn1)N1CCC(N2CCC(Oc3ccccc3F)CC2)CC1. The number of para-hydroxylation sites is 1. The van der Waals surface area contributed by atoms with Crippen molar-refractivity contribution in [3.63, 3.8) is 0 Å².